The Hall–Kier alpha value is -2.19. The van der Waals surface area contributed by atoms with Crippen LogP contribution in [0.2, 0.25) is 0 Å². The molecule has 0 fully saturated rings. The zero-order valence-corrected chi connectivity index (χ0v) is 11.5. The van der Waals surface area contributed by atoms with E-state index in [-0.39, 0.29) is 17.3 Å². The molecule has 8 nitrogen and oxygen atoms in total. The highest BCUT2D eigenvalue weighted by Gasteiger charge is 2.18. The quantitative estimate of drug-likeness (QED) is 0.334. The molecule has 0 saturated carbocycles. The molecule has 0 saturated heterocycles. The summed E-state index contributed by atoms with van der Waals surface area (Å²) in [4.78, 5) is 23.9. The molecular formula is C12H18N4O4. The number of nitro groups is 1. The van der Waals surface area contributed by atoms with E-state index >= 15 is 0 Å². The minimum atomic E-state index is -0.564. The minimum absolute atomic E-state index is 0.103. The van der Waals surface area contributed by atoms with Gasteiger partial charge < -0.3 is 15.1 Å². The molecule has 0 heterocycles. The van der Waals surface area contributed by atoms with Gasteiger partial charge >= 0.3 is 0 Å². The number of hydrogen-bond acceptors (Lipinski definition) is 6. The fourth-order valence-electron chi connectivity index (χ4n) is 1.71. The van der Waals surface area contributed by atoms with E-state index in [1.807, 2.05) is 0 Å². The average Bonchev–Trinajstić information content (AvgIpc) is 2.45. The summed E-state index contributed by atoms with van der Waals surface area (Å²) in [6, 6.07) is 4.03. The van der Waals surface area contributed by atoms with Gasteiger partial charge in [0.25, 0.3) is 11.6 Å². The van der Waals surface area contributed by atoms with Crippen molar-refractivity contribution < 1.29 is 14.5 Å². The van der Waals surface area contributed by atoms with Gasteiger partial charge in [-0.1, -0.05) is 0 Å². The summed E-state index contributed by atoms with van der Waals surface area (Å²) in [6.07, 6.45) is 0.716. The third-order valence-electron chi connectivity index (χ3n) is 2.78. The number of carbonyl (C=O) groups excluding carboxylic acids is 1. The smallest absolute Gasteiger partial charge is 0.293 e. The Kier molecular flexibility index (Phi) is 5.88. The van der Waals surface area contributed by atoms with E-state index in [9.17, 15) is 14.9 Å². The molecule has 8 heteroatoms. The van der Waals surface area contributed by atoms with Crippen molar-refractivity contribution in [1.82, 2.24) is 4.90 Å². The van der Waals surface area contributed by atoms with E-state index in [2.05, 4.69) is 5.43 Å². The van der Waals surface area contributed by atoms with Gasteiger partial charge in [-0.3, -0.25) is 20.8 Å². The SMILES string of the molecule is COCCCN(C)C(=O)c1ccc([N+](=O)[O-])c(NN)c1. The molecule has 1 rings (SSSR count). The maximum absolute atomic E-state index is 12.1. The fourth-order valence-corrected chi connectivity index (χ4v) is 1.71. The first-order chi connectivity index (χ1) is 9.51. The first kappa shape index (κ1) is 15.9. The number of nitrogens with one attached hydrogen (secondary N) is 1. The predicted octanol–water partition coefficient (Wildman–Crippen LogP) is 0.989. The summed E-state index contributed by atoms with van der Waals surface area (Å²) < 4.78 is 4.92. The highest BCUT2D eigenvalue weighted by Crippen LogP contribution is 2.24. The number of hydrogen-bond donors (Lipinski definition) is 2. The average molecular weight is 282 g/mol. The third kappa shape index (κ3) is 3.90. The number of nitrogen functional groups attached to an aromatic ring is 1. The van der Waals surface area contributed by atoms with Gasteiger partial charge in [-0.25, -0.2) is 0 Å². The summed E-state index contributed by atoms with van der Waals surface area (Å²) in [5.74, 6) is 5.01. The molecule has 0 bridgehead atoms. The standard InChI is InChI=1S/C12H18N4O4/c1-15(6-3-7-20-2)12(17)9-4-5-11(16(18)19)10(8-9)14-13/h4-5,8,14H,3,6-7,13H2,1-2H3. The summed E-state index contributed by atoms with van der Waals surface area (Å²) in [7, 11) is 3.26. The second-order valence-corrected chi connectivity index (χ2v) is 4.21. The number of benzene rings is 1. The summed E-state index contributed by atoms with van der Waals surface area (Å²) in [5, 5.41) is 10.8. The van der Waals surface area contributed by atoms with Gasteiger partial charge in [-0.2, -0.15) is 0 Å². The van der Waals surface area contributed by atoms with Gasteiger partial charge in [0, 0.05) is 38.9 Å². The van der Waals surface area contributed by atoms with E-state index < -0.39 is 4.92 Å². The van der Waals surface area contributed by atoms with Crippen molar-refractivity contribution in [3.8, 4) is 0 Å². The lowest BCUT2D eigenvalue weighted by Gasteiger charge is -2.17. The van der Waals surface area contributed by atoms with Crippen LogP contribution in [0.3, 0.4) is 0 Å². The van der Waals surface area contributed by atoms with Crippen molar-refractivity contribution in [2.24, 2.45) is 5.84 Å². The Morgan fingerprint density at radius 2 is 2.25 bits per heavy atom. The lowest BCUT2D eigenvalue weighted by Crippen LogP contribution is -2.28. The number of amides is 1. The van der Waals surface area contributed by atoms with Crippen LogP contribution < -0.4 is 11.3 Å². The Balaban J connectivity index is 2.85. The molecule has 3 N–H and O–H groups in total. The van der Waals surface area contributed by atoms with E-state index in [1.54, 1.807) is 14.2 Å². The minimum Gasteiger partial charge on any atom is -0.385 e. The summed E-state index contributed by atoms with van der Waals surface area (Å²) in [6.45, 7) is 1.10. The number of ether oxygens (including phenoxy) is 1. The van der Waals surface area contributed by atoms with Crippen LogP contribution >= 0.6 is 0 Å². The number of carbonyl (C=O) groups is 1. The highest BCUT2D eigenvalue weighted by atomic mass is 16.6. The molecule has 1 aromatic carbocycles. The van der Waals surface area contributed by atoms with E-state index in [0.29, 0.717) is 25.1 Å². The monoisotopic (exact) mass is 282 g/mol. The highest BCUT2D eigenvalue weighted by molar-refractivity contribution is 5.95. The molecule has 0 aliphatic carbocycles. The van der Waals surface area contributed by atoms with Crippen LogP contribution in [-0.4, -0.2) is 43.0 Å². The van der Waals surface area contributed by atoms with E-state index in [1.165, 1.54) is 23.1 Å². The number of anilines is 1. The molecule has 0 aliphatic rings. The normalized spacial score (nSPS) is 10.2. The summed E-state index contributed by atoms with van der Waals surface area (Å²) >= 11 is 0. The molecule has 1 amide bonds. The van der Waals surface area contributed by atoms with Crippen LogP contribution in [-0.2, 0) is 4.74 Å². The number of nitrogens with two attached hydrogens (primary N) is 1. The van der Waals surface area contributed by atoms with Crippen molar-refractivity contribution in [2.45, 2.75) is 6.42 Å². The van der Waals surface area contributed by atoms with E-state index in [0.717, 1.165) is 0 Å². The molecule has 20 heavy (non-hydrogen) atoms. The first-order valence-electron chi connectivity index (χ1n) is 6.00. The van der Waals surface area contributed by atoms with E-state index in [4.69, 9.17) is 10.6 Å². The topological polar surface area (TPSA) is 111 Å². The molecule has 0 radical (unpaired) electrons. The van der Waals surface area contributed by atoms with Gasteiger partial charge in [0.1, 0.15) is 5.69 Å². The van der Waals surface area contributed by atoms with Crippen LogP contribution in [0.25, 0.3) is 0 Å². The van der Waals surface area contributed by atoms with Crippen LogP contribution in [0, 0.1) is 10.1 Å². The molecule has 0 aromatic heterocycles. The van der Waals surface area contributed by atoms with Crippen molar-refractivity contribution >= 4 is 17.3 Å². The molecule has 0 unspecified atom stereocenters. The van der Waals surface area contributed by atoms with Crippen molar-refractivity contribution in [1.29, 1.82) is 0 Å². The lowest BCUT2D eigenvalue weighted by atomic mass is 10.1. The number of rotatable bonds is 7. The Labute approximate surface area is 116 Å². The van der Waals surface area contributed by atoms with Gasteiger partial charge in [-0.05, 0) is 18.6 Å². The molecule has 1 aromatic rings. The maximum atomic E-state index is 12.1. The second kappa shape index (κ2) is 7.41. The van der Waals surface area contributed by atoms with Gasteiger partial charge in [0.15, 0.2) is 0 Å². The Morgan fingerprint density at radius 3 is 2.80 bits per heavy atom. The number of methoxy groups -OCH3 is 1. The van der Waals surface area contributed by atoms with Crippen molar-refractivity contribution in [3.05, 3.63) is 33.9 Å². The molecular weight excluding hydrogens is 264 g/mol. The summed E-state index contributed by atoms with van der Waals surface area (Å²) in [5.41, 5.74) is 2.50. The first-order valence-corrected chi connectivity index (χ1v) is 6.00. The van der Waals surface area contributed by atoms with Crippen LogP contribution in [0.4, 0.5) is 11.4 Å². The van der Waals surface area contributed by atoms with Crippen molar-refractivity contribution in [3.63, 3.8) is 0 Å². The van der Waals surface area contributed by atoms with Crippen LogP contribution in [0.15, 0.2) is 18.2 Å². The largest absolute Gasteiger partial charge is 0.385 e. The zero-order chi connectivity index (χ0) is 15.1. The van der Waals surface area contributed by atoms with Crippen LogP contribution in [0.5, 0.6) is 0 Å². The fraction of sp³-hybridized carbons (Fsp3) is 0.417. The van der Waals surface area contributed by atoms with Gasteiger partial charge in [-0.15, -0.1) is 0 Å². The number of nitrogens with zero attached hydrogens (tertiary/aromatic N) is 2. The second-order valence-electron chi connectivity index (χ2n) is 4.21. The van der Waals surface area contributed by atoms with Gasteiger partial charge in [0.05, 0.1) is 4.92 Å². The Morgan fingerprint density at radius 1 is 1.55 bits per heavy atom. The van der Waals surface area contributed by atoms with Crippen LogP contribution in [0.1, 0.15) is 16.8 Å². The maximum Gasteiger partial charge on any atom is 0.293 e. The predicted molar refractivity (Wildman–Crippen MR) is 74.4 cm³/mol. The zero-order valence-electron chi connectivity index (χ0n) is 11.5. The number of hydrazine groups is 1. The third-order valence-corrected chi connectivity index (χ3v) is 2.78. The van der Waals surface area contributed by atoms with Crippen molar-refractivity contribution in [2.75, 3.05) is 32.7 Å². The molecule has 0 spiro atoms. The molecule has 110 valence electrons. The van der Waals surface area contributed by atoms with Gasteiger partial charge in [0.2, 0.25) is 0 Å². The number of nitro benzene ring substituents is 1. The lowest BCUT2D eigenvalue weighted by molar-refractivity contribution is -0.384. The Bertz CT molecular complexity index is 492. The molecule has 0 aliphatic heterocycles. The molecule has 0 atom stereocenters.